The minimum atomic E-state index is -0.296. The third-order valence-corrected chi connectivity index (χ3v) is 4.21. The topological polar surface area (TPSA) is 54.4 Å². The van der Waals surface area contributed by atoms with E-state index in [9.17, 15) is 4.79 Å². The molecule has 0 saturated carbocycles. The first-order chi connectivity index (χ1) is 12.2. The van der Waals surface area contributed by atoms with E-state index in [4.69, 9.17) is 0 Å². The molecule has 0 aliphatic heterocycles. The molecule has 0 atom stereocenters. The smallest absolute Gasteiger partial charge is 0.264 e. The van der Waals surface area contributed by atoms with Crippen molar-refractivity contribution in [3.8, 4) is 0 Å². The first-order valence-electron chi connectivity index (χ1n) is 7.81. The molecule has 0 bridgehead atoms. The van der Waals surface area contributed by atoms with Crippen LogP contribution in [0.2, 0.25) is 0 Å². The molecule has 3 aromatic rings. The van der Waals surface area contributed by atoms with E-state index >= 15 is 0 Å². The number of rotatable bonds is 5. The summed E-state index contributed by atoms with van der Waals surface area (Å²) in [6.45, 7) is 1.93. The van der Waals surface area contributed by atoms with Crippen molar-refractivity contribution in [3.05, 3.63) is 93.9 Å². The number of aromatic nitrogens is 1. The molecule has 124 valence electrons. The number of hydrogen-bond donors (Lipinski definition) is 1. The fraction of sp³-hybridized carbons (Fsp3) is 0.0500. The van der Waals surface area contributed by atoms with Gasteiger partial charge in [0.2, 0.25) is 0 Å². The second-order valence-corrected chi connectivity index (χ2v) is 6.36. The molecule has 1 heterocycles. The summed E-state index contributed by atoms with van der Waals surface area (Å²) in [4.78, 5) is 16.3. The van der Waals surface area contributed by atoms with E-state index < -0.39 is 0 Å². The Balaban J connectivity index is 1.79. The second-order valence-electron chi connectivity index (χ2n) is 5.29. The van der Waals surface area contributed by atoms with Gasteiger partial charge in [-0.15, -0.1) is 11.3 Å². The van der Waals surface area contributed by atoms with E-state index in [1.807, 2.05) is 73.0 Å². The normalized spacial score (nSPS) is 10.6. The lowest BCUT2D eigenvalue weighted by Gasteiger charge is -2.07. The van der Waals surface area contributed by atoms with Crippen LogP contribution in [-0.4, -0.2) is 16.6 Å². The van der Waals surface area contributed by atoms with E-state index in [1.54, 1.807) is 17.4 Å². The van der Waals surface area contributed by atoms with Crippen molar-refractivity contribution in [2.24, 2.45) is 5.10 Å². The average Bonchev–Trinajstić information content (AvgIpc) is 3.07. The summed E-state index contributed by atoms with van der Waals surface area (Å²) < 4.78 is 0. The van der Waals surface area contributed by atoms with Gasteiger partial charge in [0.1, 0.15) is 0 Å². The zero-order valence-electron chi connectivity index (χ0n) is 13.7. The van der Waals surface area contributed by atoms with Gasteiger partial charge in [-0.3, -0.25) is 4.79 Å². The molecule has 1 amide bonds. The fourth-order valence-corrected chi connectivity index (χ4v) is 2.83. The number of benzene rings is 2. The van der Waals surface area contributed by atoms with Gasteiger partial charge in [-0.1, -0.05) is 60.7 Å². The molecule has 0 unspecified atom stereocenters. The van der Waals surface area contributed by atoms with Crippen LogP contribution in [0.3, 0.4) is 0 Å². The Bertz CT molecular complexity index is 857. The summed E-state index contributed by atoms with van der Waals surface area (Å²) in [5, 5.41) is 7.20. The minimum Gasteiger partial charge on any atom is -0.268 e. The Kier molecular flexibility index (Phi) is 5.49. The summed E-state index contributed by atoms with van der Waals surface area (Å²) in [5.41, 5.74) is 5.96. The molecule has 4 nitrogen and oxygen atoms in total. The number of carbonyl (C=O) groups is 1. The third-order valence-electron chi connectivity index (χ3n) is 3.41. The largest absolute Gasteiger partial charge is 0.268 e. The molecule has 0 spiro atoms. The number of hydrazone groups is 1. The van der Waals surface area contributed by atoms with Crippen molar-refractivity contribution < 1.29 is 4.79 Å². The highest BCUT2D eigenvalue weighted by Gasteiger charge is 2.07. The van der Waals surface area contributed by atoms with Gasteiger partial charge in [-0.05, 0) is 13.0 Å². The molecule has 0 aliphatic rings. The lowest BCUT2D eigenvalue weighted by atomic mass is 10.0. The monoisotopic (exact) mass is 347 g/mol. The Labute approximate surface area is 150 Å². The van der Waals surface area contributed by atoms with Crippen LogP contribution in [-0.2, 0) is 4.79 Å². The van der Waals surface area contributed by atoms with E-state index in [1.165, 1.54) is 6.08 Å². The summed E-state index contributed by atoms with van der Waals surface area (Å²) in [7, 11) is 0. The maximum atomic E-state index is 12.1. The highest BCUT2D eigenvalue weighted by molar-refractivity contribution is 7.09. The number of thiazole rings is 1. The molecule has 2 aromatic carbocycles. The Morgan fingerprint density at radius 3 is 2.16 bits per heavy atom. The second kappa shape index (κ2) is 8.17. The first-order valence-corrected chi connectivity index (χ1v) is 8.69. The van der Waals surface area contributed by atoms with Gasteiger partial charge >= 0.3 is 0 Å². The van der Waals surface area contributed by atoms with Crippen molar-refractivity contribution in [2.75, 3.05) is 0 Å². The summed E-state index contributed by atoms with van der Waals surface area (Å²) in [5.74, 6) is -0.296. The molecule has 0 aliphatic carbocycles. The Morgan fingerprint density at radius 2 is 1.64 bits per heavy atom. The van der Waals surface area contributed by atoms with E-state index in [-0.39, 0.29) is 5.91 Å². The predicted octanol–water partition coefficient (Wildman–Crippen LogP) is 4.03. The van der Waals surface area contributed by atoms with E-state index in [0.717, 1.165) is 21.8 Å². The molecule has 0 fully saturated rings. The van der Waals surface area contributed by atoms with Crippen LogP contribution in [0, 0.1) is 6.92 Å². The van der Waals surface area contributed by atoms with Crippen molar-refractivity contribution in [2.45, 2.75) is 6.92 Å². The van der Waals surface area contributed by atoms with Gasteiger partial charge in [0.15, 0.2) is 0 Å². The summed E-state index contributed by atoms with van der Waals surface area (Å²) >= 11 is 1.55. The van der Waals surface area contributed by atoms with Gasteiger partial charge in [-0.25, -0.2) is 10.4 Å². The molecule has 1 aromatic heterocycles. The van der Waals surface area contributed by atoms with Crippen LogP contribution in [0.5, 0.6) is 0 Å². The van der Waals surface area contributed by atoms with Gasteiger partial charge in [0.05, 0.1) is 16.4 Å². The molecule has 0 saturated heterocycles. The molecule has 5 heteroatoms. The van der Waals surface area contributed by atoms with Gasteiger partial charge < -0.3 is 0 Å². The minimum absolute atomic E-state index is 0.296. The molecule has 25 heavy (non-hydrogen) atoms. The molecule has 1 N–H and O–H groups in total. The lowest BCUT2D eigenvalue weighted by molar-refractivity contribution is -0.116. The predicted molar refractivity (Wildman–Crippen MR) is 103 cm³/mol. The number of carbonyl (C=O) groups excluding carboxylic acids is 1. The third kappa shape index (κ3) is 4.71. The number of hydrogen-bond acceptors (Lipinski definition) is 4. The standard InChI is InChI=1S/C20H17N3OS/c1-15-21-18(14-25-15)12-13-19(24)22-23-20(16-8-4-2-5-9-16)17-10-6-3-7-11-17/h2-14H,1H3,(H,22,24)/b13-12+. The van der Waals surface area contributed by atoms with Crippen LogP contribution < -0.4 is 5.43 Å². The van der Waals surface area contributed by atoms with Crippen molar-refractivity contribution in [1.82, 2.24) is 10.4 Å². The Morgan fingerprint density at radius 1 is 1.04 bits per heavy atom. The maximum absolute atomic E-state index is 12.1. The zero-order chi connectivity index (χ0) is 17.5. The van der Waals surface area contributed by atoms with Crippen LogP contribution in [0.25, 0.3) is 6.08 Å². The van der Waals surface area contributed by atoms with Gasteiger partial charge in [0, 0.05) is 22.6 Å². The fourth-order valence-electron chi connectivity index (χ4n) is 2.25. The maximum Gasteiger partial charge on any atom is 0.264 e. The van der Waals surface area contributed by atoms with Crippen molar-refractivity contribution in [1.29, 1.82) is 0 Å². The van der Waals surface area contributed by atoms with Gasteiger partial charge in [-0.2, -0.15) is 5.10 Å². The van der Waals surface area contributed by atoms with E-state index in [0.29, 0.717) is 5.71 Å². The number of amides is 1. The number of aryl methyl sites for hydroxylation is 1. The van der Waals surface area contributed by atoms with Crippen LogP contribution in [0.15, 0.2) is 77.2 Å². The Hall–Kier alpha value is -3.05. The highest BCUT2D eigenvalue weighted by Crippen LogP contribution is 2.11. The van der Waals surface area contributed by atoms with Crippen molar-refractivity contribution in [3.63, 3.8) is 0 Å². The zero-order valence-corrected chi connectivity index (χ0v) is 14.5. The molecule has 3 rings (SSSR count). The van der Waals surface area contributed by atoms with Crippen LogP contribution >= 0.6 is 11.3 Å². The quantitative estimate of drug-likeness (QED) is 0.430. The van der Waals surface area contributed by atoms with Crippen LogP contribution in [0.1, 0.15) is 21.8 Å². The first kappa shape index (κ1) is 16.8. The van der Waals surface area contributed by atoms with E-state index in [2.05, 4.69) is 15.5 Å². The van der Waals surface area contributed by atoms with Crippen LogP contribution in [0.4, 0.5) is 0 Å². The van der Waals surface area contributed by atoms with Crippen molar-refractivity contribution >= 4 is 29.0 Å². The molecular formula is C20H17N3OS. The highest BCUT2D eigenvalue weighted by atomic mass is 32.1. The summed E-state index contributed by atoms with van der Waals surface area (Å²) in [6, 6.07) is 19.5. The van der Waals surface area contributed by atoms with Gasteiger partial charge in [0.25, 0.3) is 5.91 Å². The summed E-state index contributed by atoms with van der Waals surface area (Å²) in [6.07, 6.45) is 3.12. The molecular weight excluding hydrogens is 330 g/mol. The number of nitrogens with one attached hydrogen (secondary N) is 1. The molecule has 0 radical (unpaired) electrons. The average molecular weight is 347 g/mol. The number of nitrogens with zero attached hydrogens (tertiary/aromatic N) is 2. The SMILES string of the molecule is Cc1nc(/C=C/C(=O)NN=C(c2ccccc2)c2ccccc2)cs1. The lowest BCUT2D eigenvalue weighted by Crippen LogP contribution is -2.18.